The summed E-state index contributed by atoms with van der Waals surface area (Å²) in [7, 11) is 0. The first-order valence-electron chi connectivity index (χ1n) is 5.37. The minimum absolute atomic E-state index is 0.505. The van der Waals surface area contributed by atoms with Crippen LogP contribution in [-0.2, 0) is 0 Å². The number of furan rings is 1. The average molecular weight is 192 g/mol. The molecular formula is C12H16O2. The molecule has 0 spiro atoms. The van der Waals surface area contributed by atoms with Crippen LogP contribution in [0.5, 0.6) is 0 Å². The lowest BCUT2D eigenvalue weighted by Gasteiger charge is -2.18. The lowest BCUT2D eigenvalue weighted by atomic mass is 9.87. The number of aryl methyl sites for hydroxylation is 1. The lowest BCUT2D eigenvalue weighted by Crippen LogP contribution is -2.02. The number of rotatable bonds is 2. The molecule has 2 nitrogen and oxygen atoms in total. The van der Waals surface area contributed by atoms with Crippen LogP contribution < -0.4 is 0 Å². The normalized spacial score (nSPS) is 18.4. The fourth-order valence-corrected chi connectivity index (χ4v) is 2.23. The van der Waals surface area contributed by atoms with E-state index in [1.54, 1.807) is 0 Å². The van der Waals surface area contributed by atoms with Crippen molar-refractivity contribution in [3.05, 3.63) is 23.2 Å². The highest BCUT2D eigenvalue weighted by Crippen LogP contribution is 2.34. The van der Waals surface area contributed by atoms with Gasteiger partial charge in [-0.25, -0.2) is 0 Å². The summed E-state index contributed by atoms with van der Waals surface area (Å²) in [6.07, 6.45) is 7.16. The largest absolute Gasteiger partial charge is 0.458 e. The quantitative estimate of drug-likeness (QED) is 0.672. The molecule has 1 aromatic rings. The molecule has 0 unspecified atom stereocenters. The molecule has 0 aliphatic heterocycles. The molecule has 14 heavy (non-hydrogen) atoms. The molecule has 2 heteroatoms. The van der Waals surface area contributed by atoms with Crippen molar-refractivity contribution in [1.29, 1.82) is 0 Å². The summed E-state index contributed by atoms with van der Waals surface area (Å²) in [5.41, 5.74) is 0.973. The summed E-state index contributed by atoms with van der Waals surface area (Å²) in [5, 5.41) is 0. The molecule has 1 aromatic heterocycles. The van der Waals surface area contributed by atoms with Gasteiger partial charge in [-0.05, 0) is 31.4 Å². The van der Waals surface area contributed by atoms with Gasteiger partial charge in [-0.1, -0.05) is 19.3 Å². The average Bonchev–Trinajstić information content (AvgIpc) is 2.61. The third kappa shape index (κ3) is 1.74. The Morgan fingerprint density at radius 3 is 2.64 bits per heavy atom. The predicted octanol–water partition coefficient (Wildman–Crippen LogP) is 3.45. The zero-order valence-corrected chi connectivity index (χ0v) is 8.58. The Kier molecular flexibility index (Phi) is 2.71. The fraction of sp³-hybridized carbons (Fsp3) is 0.583. The molecule has 1 saturated carbocycles. The van der Waals surface area contributed by atoms with Crippen LogP contribution in [0.3, 0.4) is 0 Å². The van der Waals surface area contributed by atoms with E-state index >= 15 is 0 Å². The number of carbonyl (C=O) groups is 1. The molecule has 0 aromatic carbocycles. The first-order chi connectivity index (χ1) is 6.81. The van der Waals surface area contributed by atoms with Crippen LogP contribution in [0.1, 0.15) is 59.9 Å². The van der Waals surface area contributed by atoms with Gasteiger partial charge >= 0.3 is 0 Å². The highest BCUT2D eigenvalue weighted by Gasteiger charge is 2.19. The van der Waals surface area contributed by atoms with E-state index in [2.05, 4.69) is 0 Å². The van der Waals surface area contributed by atoms with Gasteiger partial charge < -0.3 is 4.42 Å². The van der Waals surface area contributed by atoms with E-state index in [1.165, 1.54) is 32.1 Å². The summed E-state index contributed by atoms with van der Waals surface area (Å²) < 4.78 is 5.54. The third-order valence-corrected chi connectivity index (χ3v) is 3.09. The van der Waals surface area contributed by atoms with Gasteiger partial charge in [-0.2, -0.15) is 0 Å². The second-order valence-corrected chi connectivity index (χ2v) is 4.15. The highest BCUT2D eigenvalue weighted by molar-refractivity contribution is 5.73. The molecule has 0 saturated heterocycles. The van der Waals surface area contributed by atoms with Crippen molar-refractivity contribution in [3.63, 3.8) is 0 Å². The molecule has 1 aliphatic rings. The van der Waals surface area contributed by atoms with E-state index < -0.39 is 0 Å². The SMILES string of the molecule is Cc1cc(C2CCCCC2)oc1C=O. The zero-order valence-electron chi connectivity index (χ0n) is 8.58. The minimum Gasteiger partial charge on any atom is -0.458 e. The second-order valence-electron chi connectivity index (χ2n) is 4.15. The maximum Gasteiger partial charge on any atom is 0.185 e. The zero-order chi connectivity index (χ0) is 9.97. The van der Waals surface area contributed by atoms with Crippen LogP contribution in [0.15, 0.2) is 10.5 Å². The van der Waals surface area contributed by atoms with Gasteiger partial charge in [0.1, 0.15) is 5.76 Å². The Labute approximate surface area is 84.3 Å². The lowest BCUT2D eigenvalue weighted by molar-refractivity contribution is 0.109. The van der Waals surface area contributed by atoms with Crippen LogP contribution in [0.25, 0.3) is 0 Å². The summed E-state index contributed by atoms with van der Waals surface area (Å²) in [6.45, 7) is 1.93. The van der Waals surface area contributed by atoms with Crippen molar-refractivity contribution in [2.75, 3.05) is 0 Å². The number of hydrogen-bond acceptors (Lipinski definition) is 2. The topological polar surface area (TPSA) is 30.2 Å². The van der Waals surface area contributed by atoms with Gasteiger partial charge in [-0.3, -0.25) is 4.79 Å². The van der Waals surface area contributed by atoms with Gasteiger partial charge in [-0.15, -0.1) is 0 Å². The maximum atomic E-state index is 10.6. The Morgan fingerprint density at radius 1 is 1.36 bits per heavy atom. The van der Waals surface area contributed by atoms with E-state index in [9.17, 15) is 4.79 Å². The summed E-state index contributed by atoms with van der Waals surface area (Å²) >= 11 is 0. The van der Waals surface area contributed by atoms with Crippen molar-refractivity contribution in [2.45, 2.75) is 44.9 Å². The third-order valence-electron chi connectivity index (χ3n) is 3.09. The van der Waals surface area contributed by atoms with Crippen LogP contribution in [0.4, 0.5) is 0 Å². The molecule has 0 atom stereocenters. The Bertz CT molecular complexity index is 319. The molecule has 0 bridgehead atoms. The van der Waals surface area contributed by atoms with Gasteiger partial charge in [0.2, 0.25) is 0 Å². The van der Waals surface area contributed by atoms with Crippen molar-refractivity contribution in [2.24, 2.45) is 0 Å². The number of aldehydes is 1. The summed E-state index contributed by atoms with van der Waals surface area (Å²) in [5.74, 6) is 2.08. The molecule has 76 valence electrons. The Hall–Kier alpha value is -1.05. The molecule has 2 rings (SSSR count). The van der Waals surface area contributed by atoms with Crippen LogP contribution >= 0.6 is 0 Å². The molecule has 0 radical (unpaired) electrons. The first kappa shape index (κ1) is 9.50. The standard InChI is InChI=1S/C12H16O2/c1-9-7-11(14-12(9)8-13)10-5-3-2-4-6-10/h7-8,10H,2-6H2,1H3. The van der Waals surface area contributed by atoms with E-state index in [0.717, 1.165) is 17.6 Å². The fourth-order valence-electron chi connectivity index (χ4n) is 2.23. The second kappa shape index (κ2) is 3.99. The van der Waals surface area contributed by atoms with Gasteiger partial charge in [0.05, 0.1) is 0 Å². The molecule has 1 fully saturated rings. The van der Waals surface area contributed by atoms with E-state index in [4.69, 9.17) is 4.42 Å². The molecular weight excluding hydrogens is 176 g/mol. The van der Waals surface area contributed by atoms with Crippen molar-refractivity contribution in [1.82, 2.24) is 0 Å². The molecule has 0 amide bonds. The van der Waals surface area contributed by atoms with Crippen LogP contribution in [0, 0.1) is 6.92 Å². The van der Waals surface area contributed by atoms with E-state index in [-0.39, 0.29) is 0 Å². The van der Waals surface area contributed by atoms with Gasteiger partial charge in [0, 0.05) is 5.92 Å². The van der Waals surface area contributed by atoms with E-state index in [1.807, 2.05) is 13.0 Å². The van der Waals surface area contributed by atoms with Crippen molar-refractivity contribution < 1.29 is 9.21 Å². The smallest absolute Gasteiger partial charge is 0.185 e. The Balaban J connectivity index is 2.18. The van der Waals surface area contributed by atoms with Crippen LogP contribution in [0.2, 0.25) is 0 Å². The number of carbonyl (C=O) groups excluding carboxylic acids is 1. The first-order valence-corrected chi connectivity index (χ1v) is 5.37. The van der Waals surface area contributed by atoms with Crippen molar-refractivity contribution >= 4 is 6.29 Å². The summed E-state index contributed by atoms with van der Waals surface area (Å²) in [4.78, 5) is 10.6. The highest BCUT2D eigenvalue weighted by atomic mass is 16.3. The van der Waals surface area contributed by atoms with Crippen LogP contribution in [-0.4, -0.2) is 6.29 Å². The maximum absolute atomic E-state index is 10.6. The predicted molar refractivity (Wildman–Crippen MR) is 54.7 cm³/mol. The minimum atomic E-state index is 0.505. The van der Waals surface area contributed by atoms with Gasteiger partial charge in [0.15, 0.2) is 12.0 Å². The monoisotopic (exact) mass is 192 g/mol. The molecule has 1 aliphatic carbocycles. The number of hydrogen-bond donors (Lipinski definition) is 0. The van der Waals surface area contributed by atoms with Gasteiger partial charge in [0.25, 0.3) is 0 Å². The summed E-state index contributed by atoms with van der Waals surface area (Å²) in [6, 6.07) is 2.03. The Morgan fingerprint density at radius 2 is 2.07 bits per heavy atom. The van der Waals surface area contributed by atoms with Crippen molar-refractivity contribution in [3.8, 4) is 0 Å². The molecule has 1 heterocycles. The van der Waals surface area contributed by atoms with E-state index in [0.29, 0.717) is 11.7 Å². The molecule has 0 N–H and O–H groups in total.